The molecule has 0 aromatic heterocycles. The zero-order valence-corrected chi connectivity index (χ0v) is 15.9. The number of nitrogens with zero attached hydrogens (tertiary/aromatic N) is 1. The third kappa shape index (κ3) is 8.86. The number of nitrogens with one attached hydrogen (secondary N) is 3. The van der Waals surface area contributed by atoms with Gasteiger partial charge in [-0.3, -0.25) is 9.79 Å². The molecule has 0 bridgehead atoms. The number of benzene rings is 1. The van der Waals surface area contributed by atoms with Crippen molar-refractivity contribution in [1.29, 1.82) is 0 Å². The van der Waals surface area contributed by atoms with E-state index in [4.69, 9.17) is 0 Å². The van der Waals surface area contributed by atoms with E-state index in [1.807, 2.05) is 32.0 Å². The molecule has 0 radical (unpaired) electrons. The van der Waals surface area contributed by atoms with Crippen molar-refractivity contribution in [3.8, 4) is 0 Å². The van der Waals surface area contributed by atoms with Crippen LogP contribution in [0.25, 0.3) is 0 Å². The van der Waals surface area contributed by atoms with Gasteiger partial charge >= 0.3 is 0 Å². The molecular weight excluding hydrogens is 391 g/mol. The fourth-order valence-electron chi connectivity index (χ4n) is 1.76. The minimum Gasteiger partial charge on any atom is -0.356 e. The topological polar surface area (TPSA) is 65.5 Å². The summed E-state index contributed by atoms with van der Waals surface area (Å²) in [5.74, 6) is 0.849. The number of hydrogen-bond acceptors (Lipinski definition) is 2. The average molecular weight is 418 g/mol. The van der Waals surface area contributed by atoms with Crippen LogP contribution in [0.3, 0.4) is 0 Å². The minimum atomic E-state index is 0. The molecule has 1 amide bonds. The van der Waals surface area contributed by atoms with E-state index in [0.717, 1.165) is 18.9 Å². The van der Waals surface area contributed by atoms with E-state index < -0.39 is 0 Å². The summed E-state index contributed by atoms with van der Waals surface area (Å²) >= 11 is 0. The molecule has 0 saturated heterocycles. The molecule has 0 aliphatic carbocycles. The third-order valence-corrected chi connectivity index (χ3v) is 3.01. The van der Waals surface area contributed by atoms with Crippen LogP contribution in [-0.4, -0.2) is 38.5 Å². The van der Waals surface area contributed by atoms with E-state index in [1.54, 1.807) is 7.05 Å². The van der Waals surface area contributed by atoms with Crippen LogP contribution >= 0.6 is 24.0 Å². The van der Waals surface area contributed by atoms with E-state index in [9.17, 15) is 4.79 Å². The molecule has 0 aliphatic rings. The highest BCUT2D eigenvalue weighted by Gasteiger charge is 2.05. The van der Waals surface area contributed by atoms with Crippen molar-refractivity contribution in [1.82, 2.24) is 16.0 Å². The molecule has 5 nitrogen and oxygen atoms in total. The largest absolute Gasteiger partial charge is 0.356 e. The Kier molecular flexibility index (Phi) is 11.5. The van der Waals surface area contributed by atoms with E-state index in [-0.39, 0.29) is 35.8 Å². The summed E-state index contributed by atoms with van der Waals surface area (Å²) in [6, 6.07) is 10.3. The van der Waals surface area contributed by atoms with Gasteiger partial charge in [-0.25, -0.2) is 0 Å². The number of carbonyl (C=O) groups is 1. The van der Waals surface area contributed by atoms with Gasteiger partial charge in [0.2, 0.25) is 5.91 Å². The summed E-state index contributed by atoms with van der Waals surface area (Å²) in [6.07, 6.45) is 0.950. The standard InChI is InChI=1S/C16H26N4O.HI/c1-13(2)15(21)18-11-12-20-16(17-3)19-10-9-14-7-5-4-6-8-14;/h4-8,13H,9-12H2,1-3H3,(H,18,21)(H2,17,19,20);1H. The molecule has 124 valence electrons. The van der Waals surface area contributed by atoms with Gasteiger partial charge in [-0.2, -0.15) is 0 Å². The summed E-state index contributed by atoms with van der Waals surface area (Å²) in [6.45, 7) is 5.83. The number of amides is 1. The lowest BCUT2D eigenvalue weighted by Crippen LogP contribution is -2.42. The second kappa shape index (κ2) is 12.3. The Morgan fingerprint density at radius 1 is 1.05 bits per heavy atom. The zero-order chi connectivity index (χ0) is 15.5. The zero-order valence-electron chi connectivity index (χ0n) is 13.6. The highest BCUT2D eigenvalue weighted by Crippen LogP contribution is 1.97. The fourth-order valence-corrected chi connectivity index (χ4v) is 1.76. The fraction of sp³-hybridized carbons (Fsp3) is 0.500. The molecule has 1 aromatic carbocycles. The second-order valence-corrected chi connectivity index (χ2v) is 5.11. The van der Waals surface area contributed by atoms with Gasteiger partial charge < -0.3 is 16.0 Å². The summed E-state index contributed by atoms with van der Waals surface area (Å²) in [7, 11) is 1.74. The first-order valence-electron chi connectivity index (χ1n) is 7.39. The molecule has 3 N–H and O–H groups in total. The lowest BCUT2D eigenvalue weighted by molar-refractivity contribution is -0.123. The maximum Gasteiger partial charge on any atom is 0.222 e. The quantitative estimate of drug-likeness (QED) is 0.274. The maximum atomic E-state index is 11.4. The Morgan fingerprint density at radius 3 is 2.23 bits per heavy atom. The Hall–Kier alpha value is -1.31. The van der Waals surface area contributed by atoms with Crippen molar-refractivity contribution in [2.24, 2.45) is 10.9 Å². The minimum absolute atomic E-state index is 0. The Morgan fingerprint density at radius 2 is 1.64 bits per heavy atom. The van der Waals surface area contributed by atoms with Gasteiger partial charge in [-0.1, -0.05) is 44.2 Å². The van der Waals surface area contributed by atoms with Gasteiger partial charge in [0.05, 0.1) is 0 Å². The van der Waals surface area contributed by atoms with Crippen LogP contribution in [-0.2, 0) is 11.2 Å². The highest BCUT2D eigenvalue weighted by molar-refractivity contribution is 14.0. The first-order valence-corrected chi connectivity index (χ1v) is 7.39. The van der Waals surface area contributed by atoms with Crippen molar-refractivity contribution in [3.05, 3.63) is 35.9 Å². The van der Waals surface area contributed by atoms with Crippen LogP contribution in [0.15, 0.2) is 35.3 Å². The Bertz CT molecular complexity index is 449. The molecule has 0 spiro atoms. The molecule has 1 rings (SSSR count). The molecule has 1 aromatic rings. The number of rotatable bonds is 7. The summed E-state index contributed by atoms with van der Waals surface area (Å²) < 4.78 is 0. The van der Waals surface area contributed by atoms with Crippen LogP contribution in [0.2, 0.25) is 0 Å². The van der Waals surface area contributed by atoms with Crippen LogP contribution < -0.4 is 16.0 Å². The lowest BCUT2D eigenvalue weighted by atomic mass is 10.1. The molecule has 0 heterocycles. The van der Waals surface area contributed by atoms with Crippen LogP contribution in [0, 0.1) is 5.92 Å². The van der Waals surface area contributed by atoms with Gasteiger partial charge in [0, 0.05) is 32.6 Å². The Balaban J connectivity index is 0.00000441. The SMILES string of the molecule is CN=C(NCCNC(=O)C(C)C)NCCc1ccccc1.I. The van der Waals surface area contributed by atoms with Crippen molar-refractivity contribution in [2.75, 3.05) is 26.7 Å². The molecule has 0 unspecified atom stereocenters. The van der Waals surface area contributed by atoms with E-state index in [1.165, 1.54) is 5.56 Å². The van der Waals surface area contributed by atoms with Crippen molar-refractivity contribution in [2.45, 2.75) is 20.3 Å². The maximum absolute atomic E-state index is 11.4. The average Bonchev–Trinajstić information content (AvgIpc) is 2.50. The van der Waals surface area contributed by atoms with Crippen LogP contribution in [0.1, 0.15) is 19.4 Å². The summed E-state index contributed by atoms with van der Waals surface area (Å²) in [4.78, 5) is 15.6. The predicted octanol–water partition coefficient (Wildman–Crippen LogP) is 1.78. The van der Waals surface area contributed by atoms with Crippen LogP contribution in [0.4, 0.5) is 0 Å². The first kappa shape index (κ1) is 20.7. The van der Waals surface area contributed by atoms with Gasteiger partial charge in [0.15, 0.2) is 5.96 Å². The highest BCUT2D eigenvalue weighted by atomic mass is 127. The van der Waals surface area contributed by atoms with E-state index in [2.05, 4.69) is 33.1 Å². The summed E-state index contributed by atoms with van der Waals surface area (Å²) in [5.41, 5.74) is 1.30. The number of aliphatic imine (C=N–C) groups is 1. The van der Waals surface area contributed by atoms with Gasteiger partial charge in [-0.15, -0.1) is 24.0 Å². The molecule has 0 atom stereocenters. The van der Waals surface area contributed by atoms with Gasteiger partial charge in [-0.05, 0) is 12.0 Å². The number of carbonyl (C=O) groups excluding carboxylic acids is 1. The van der Waals surface area contributed by atoms with Crippen molar-refractivity contribution < 1.29 is 4.79 Å². The summed E-state index contributed by atoms with van der Waals surface area (Å²) in [5, 5.41) is 9.29. The van der Waals surface area contributed by atoms with Crippen molar-refractivity contribution in [3.63, 3.8) is 0 Å². The predicted molar refractivity (Wildman–Crippen MR) is 103 cm³/mol. The number of halogens is 1. The normalized spacial score (nSPS) is 10.8. The second-order valence-electron chi connectivity index (χ2n) is 5.11. The number of hydrogen-bond donors (Lipinski definition) is 3. The van der Waals surface area contributed by atoms with E-state index >= 15 is 0 Å². The van der Waals surface area contributed by atoms with Gasteiger partial charge in [0.1, 0.15) is 0 Å². The lowest BCUT2D eigenvalue weighted by Gasteiger charge is -2.13. The van der Waals surface area contributed by atoms with Crippen LogP contribution in [0.5, 0.6) is 0 Å². The molecule has 0 saturated carbocycles. The number of guanidine groups is 1. The monoisotopic (exact) mass is 418 g/mol. The molecule has 22 heavy (non-hydrogen) atoms. The molecule has 6 heteroatoms. The molecule has 0 fully saturated rings. The molecular formula is C16H27IN4O. The Labute approximate surface area is 150 Å². The van der Waals surface area contributed by atoms with Gasteiger partial charge in [0.25, 0.3) is 0 Å². The first-order chi connectivity index (χ1) is 10.1. The smallest absolute Gasteiger partial charge is 0.222 e. The van der Waals surface area contributed by atoms with Crippen molar-refractivity contribution >= 4 is 35.8 Å². The van der Waals surface area contributed by atoms with E-state index in [0.29, 0.717) is 13.1 Å². The molecule has 0 aliphatic heterocycles. The third-order valence-electron chi connectivity index (χ3n) is 3.01.